The first-order valence-electron chi connectivity index (χ1n) is 21.0. The molecule has 2 unspecified atom stereocenters. The van der Waals surface area contributed by atoms with Crippen molar-refractivity contribution in [2.75, 3.05) is 4.90 Å². The fourth-order valence-corrected chi connectivity index (χ4v) is 9.83. The van der Waals surface area contributed by atoms with Gasteiger partial charge in [0.05, 0.1) is 22.9 Å². The second-order valence-electron chi connectivity index (χ2n) is 16.2. The Hall–Kier alpha value is -7.83. The predicted molar refractivity (Wildman–Crippen MR) is 247 cm³/mol. The van der Waals surface area contributed by atoms with Crippen molar-refractivity contribution in [3.8, 4) is 45.3 Å². The highest BCUT2D eigenvalue weighted by atomic mass is 16.3. The standard InChI is InChI=1S/C55H36N4O2/c1-2-15-37(16-3-1)59-47-25-8-6-17-39(47)41-20-10-19-38(50(41)59)35-29-30-49-46(32-35)43-22-12-24-45(52(43)61-49)55-57-53(36-28-27-33-13-4-5-14-34(33)31-36)56-54(58-55)44-23-11-21-42-40-18-7-9-26-48(40)60-51(42)44/h2,4-32,39,47H,1,3H2. The second-order valence-corrected chi connectivity index (χ2v) is 16.2. The van der Waals surface area contributed by atoms with E-state index in [0.717, 1.165) is 89.7 Å². The van der Waals surface area contributed by atoms with Crippen LogP contribution in [-0.2, 0) is 0 Å². The molecule has 61 heavy (non-hydrogen) atoms. The quantitative estimate of drug-likeness (QED) is 0.173. The molecule has 6 heteroatoms. The second kappa shape index (κ2) is 13.3. The van der Waals surface area contributed by atoms with Gasteiger partial charge in [0.2, 0.25) is 0 Å². The van der Waals surface area contributed by atoms with Crippen LogP contribution in [0, 0.1) is 0 Å². The zero-order valence-electron chi connectivity index (χ0n) is 33.0. The highest BCUT2D eigenvalue weighted by molar-refractivity contribution is 6.11. The molecule has 0 radical (unpaired) electrons. The molecule has 0 spiro atoms. The fourth-order valence-electron chi connectivity index (χ4n) is 9.83. The minimum atomic E-state index is 0.236. The summed E-state index contributed by atoms with van der Waals surface area (Å²) in [6, 6.07) is 48.9. The van der Waals surface area contributed by atoms with Crippen LogP contribution in [0.1, 0.15) is 24.3 Å². The monoisotopic (exact) mass is 784 g/mol. The summed E-state index contributed by atoms with van der Waals surface area (Å²) < 4.78 is 13.3. The van der Waals surface area contributed by atoms with E-state index >= 15 is 0 Å². The number of benzene rings is 7. The lowest BCUT2D eigenvalue weighted by atomic mass is 9.90. The van der Waals surface area contributed by atoms with Crippen LogP contribution in [0.4, 0.5) is 5.69 Å². The van der Waals surface area contributed by atoms with E-state index in [2.05, 4.69) is 151 Å². The number of para-hydroxylation sites is 4. The van der Waals surface area contributed by atoms with Crippen molar-refractivity contribution in [3.63, 3.8) is 0 Å². The predicted octanol–water partition coefficient (Wildman–Crippen LogP) is 14.1. The van der Waals surface area contributed by atoms with Crippen LogP contribution in [0.2, 0.25) is 0 Å². The van der Waals surface area contributed by atoms with Crippen LogP contribution >= 0.6 is 0 Å². The van der Waals surface area contributed by atoms with Crippen LogP contribution in [0.25, 0.3) is 99.9 Å². The number of hydrogen-bond donors (Lipinski definition) is 0. The number of rotatable bonds is 5. The minimum absolute atomic E-state index is 0.236. The number of anilines is 1. The molecule has 288 valence electrons. The van der Waals surface area contributed by atoms with Crippen molar-refractivity contribution in [1.29, 1.82) is 0 Å². The highest BCUT2D eigenvalue weighted by Crippen LogP contribution is 2.51. The van der Waals surface area contributed by atoms with E-state index in [9.17, 15) is 0 Å². The van der Waals surface area contributed by atoms with Gasteiger partial charge in [-0.25, -0.2) is 15.0 Å². The molecule has 0 bridgehead atoms. The van der Waals surface area contributed by atoms with E-state index in [0.29, 0.717) is 23.4 Å². The Bertz CT molecular complexity index is 3580. The molecule has 0 amide bonds. The number of nitrogens with zero attached hydrogens (tertiary/aromatic N) is 4. The summed E-state index contributed by atoms with van der Waals surface area (Å²) in [7, 11) is 0. The molecule has 0 saturated carbocycles. The third kappa shape index (κ3) is 5.32. The lowest BCUT2D eigenvalue weighted by Gasteiger charge is -2.31. The van der Waals surface area contributed by atoms with E-state index < -0.39 is 0 Å². The van der Waals surface area contributed by atoms with E-state index in [1.54, 1.807) is 0 Å². The molecule has 0 fully saturated rings. The van der Waals surface area contributed by atoms with Crippen molar-refractivity contribution in [3.05, 3.63) is 193 Å². The number of fused-ring (bicyclic) bond motifs is 10. The summed E-state index contributed by atoms with van der Waals surface area (Å²) in [6.07, 6.45) is 18.2. The van der Waals surface area contributed by atoms with Gasteiger partial charge in [-0.2, -0.15) is 0 Å². The van der Waals surface area contributed by atoms with Crippen molar-refractivity contribution >= 4 is 60.3 Å². The molecule has 0 N–H and O–H groups in total. The molecular weight excluding hydrogens is 749 g/mol. The van der Waals surface area contributed by atoms with E-state index in [-0.39, 0.29) is 6.04 Å². The number of allylic oxidation sites excluding steroid dienone is 5. The smallest absolute Gasteiger partial charge is 0.167 e. The topological polar surface area (TPSA) is 68.2 Å². The molecule has 7 aromatic carbocycles. The van der Waals surface area contributed by atoms with Crippen molar-refractivity contribution in [2.45, 2.75) is 24.8 Å². The van der Waals surface area contributed by atoms with Crippen LogP contribution in [-0.4, -0.2) is 21.0 Å². The highest BCUT2D eigenvalue weighted by Gasteiger charge is 2.39. The maximum absolute atomic E-state index is 6.81. The van der Waals surface area contributed by atoms with Crippen LogP contribution in [0.3, 0.4) is 0 Å². The van der Waals surface area contributed by atoms with E-state index in [1.807, 2.05) is 36.4 Å². The number of aromatic nitrogens is 3. The molecule has 4 heterocycles. The molecule has 1 aliphatic heterocycles. The number of hydrogen-bond acceptors (Lipinski definition) is 6. The van der Waals surface area contributed by atoms with Crippen molar-refractivity contribution < 1.29 is 8.83 Å². The Kier molecular flexibility index (Phi) is 7.45. The maximum atomic E-state index is 6.81. The molecule has 2 aliphatic carbocycles. The summed E-state index contributed by atoms with van der Waals surface area (Å²) >= 11 is 0. The average Bonchev–Trinajstić information content (AvgIpc) is 4.01. The first-order valence-corrected chi connectivity index (χ1v) is 21.0. The van der Waals surface area contributed by atoms with Gasteiger partial charge in [-0.1, -0.05) is 140 Å². The fraction of sp³-hybridized carbons (Fsp3) is 0.0727. The first kappa shape index (κ1) is 34.1. The van der Waals surface area contributed by atoms with Gasteiger partial charge in [0.25, 0.3) is 0 Å². The van der Waals surface area contributed by atoms with Gasteiger partial charge in [0.15, 0.2) is 17.5 Å². The molecule has 3 aliphatic rings. The summed E-state index contributed by atoms with van der Waals surface area (Å²) in [5, 5.41) is 6.39. The zero-order valence-corrected chi connectivity index (χ0v) is 33.0. The van der Waals surface area contributed by atoms with Gasteiger partial charge < -0.3 is 13.7 Å². The van der Waals surface area contributed by atoms with Gasteiger partial charge in [0, 0.05) is 44.3 Å². The lowest BCUT2D eigenvalue weighted by molar-refractivity contribution is 0.669. The van der Waals surface area contributed by atoms with Crippen molar-refractivity contribution in [2.24, 2.45) is 0 Å². The van der Waals surface area contributed by atoms with E-state index in [4.69, 9.17) is 23.8 Å². The van der Waals surface area contributed by atoms with Gasteiger partial charge in [0.1, 0.15) is 22.3 Å². The van der Waals surface area contributed by atoms with Crippen LogP contribution < -0.4 is 4.90 Å². The molecule has 6 nitrogen and oxygen atoms in total. The third-order valence-corrected chi connectivity index (χ3v) is 12.7. The van der Waals surface area contributed by atoms with Crippen LogP contribution in [0.15, 0.2) is 197 Å². The molecule has 13 rings (SSSR count). The molecular formula is C55H36N4O2. The largest absolute Gasteiger partial charge is 0.455 e. The Morgan fingerprint density at radius 2 is 1.18 bits per heavy atom. The van der Waals surface area contributed by atoms with Crippen molar-refractivity contribution in [1.82, 2.24) is 15.0 Å². The molecule has 0 saturated heterocycles. The zero-order chi connectivity index (χ0) is 40.0. The number of furan rings is 2. The third-order valence-electron chi connectivity index (χ3n) is 12.7. The van der Waals surface area contributed by atoms with Gasteiger partial charge in [-0.15, -0.1) is 0 Å². The molecule has 2 atom stereocenters. The van der Waals surface area contributed by atoms with Gasteiger partial charge in [-0.05, 0) is 77.2 Å². The molecule has 3 aromatic heterocycles. The van der Waals surface area contributed by atoms with Gasteiger partial charge >= 0.3 is 0 Å². The summed E-state index contributed by atoms with van der Waals surface area (Å²) in [6.45, 7) is 0. The SMILES string of the molecule is C1=CC2c3cccc(-c4ccc5oc6c(-c7nc(-c8ccc9ccccc9c8)nc(-c8cccc9c8oc8ccccc89)n7)cccc6c5c4)c3N(C3=CCCC=C3)C2C=C1. The van der Waals surface area contributed by atoms with Crippen LogP contribution in [0.5, 0.6) is 0 Å². The summed E-state index contributed by atoms with van der Waals surface area (Å²) in [5.41, 5.74) is 11.9. The Morgan fingerprint density at radius 1 is 0.508 bits per heavy atom. The van der Waals surface area contributed by atoms with E-state index in [1.165, 1.54) is 22.5 Å². The Labute approximate surface area is 351 Å². The minimum Gasteiger partial charge on any atom is -0.455 e. The average molecular weight is 785 g/mol. The maximum Gasteiger partial charge on any atom is 0.167 e. The normalized spacial score (nSPS) is 16.9. The summed E-state index contributed by atoms with van der Waals surface area (Å²) in [4.78, 5) is 18.1. The lowest BCUT2D eigenvalue weighted by Crippen LogP contribution is -2.32. The summed E-state index contributed by atoms with van der Waals surface area (Å²) in [5.74, 6) is 1.93. The Balaban J connectivity index is 0.990. The molecule has 10 aromatic rings. The Morgan fingerprint density at radius 3 is 2.00 bits per heavy atom. The van der Waals surface area contributed by atoms with Gasteiger partial charge in [-0.3, -0.25) is 0 Å². The first-order chi connectivity index (χ1) is 30.2.